The van der Waals surface area contributed by atoms with Gasteiger partial charge >= 0.3 is 0 Å². The van der Waals surface area contributed by atoms with E-state index in [0.717, 1.165) is 62.0 Å². The second-order valence-corrected chi connectivity index (χ2v) is 10.8. The summed E-state index contributed by atoms with van der Waals surface area (Å²) in [6.07, 6.45) is 6.18. The number of benzene rings is 2. The molecular formula is C27H30N4OS. The Kier molecular flexibility index (Phi) is 5.72. The third-order valence-corrected chi connectivity index (χ3v) is 8.41. The first-order valence-electron chi connectivity index (χ1n) is 12.1. The number of anilines is 2. The number of morpholine rings is 1. The van der Waals surface area contributed by atoms with Crippen LogP contribution in [0.5, 0.6) is 0 Å². The van der Waals surface area contributed by atoms with Crippen LogP contribution in [0.25, 0.3) is 11.4 Å². The Balaban J connectivity index is 1.33. The highest BCUT2D eigenvalue weighted by Gasteiger charge is 2.47. The van der Waals surface area contributed by atoms with Gasteiger partial charge in [-0.1, -0.05) is 18.2 Å². The standard InChI is InChI=1S/C27H30N4OS/c1-2-7-23(8-3-1)33-27(13-14-27)24-19-25(31-15-17-32-18-16-31)30-26(29-24)20-9-11-22(12-10-20)28-21-5-4-6-21/h1-3,7-12,19,21,28H,4-6,13-18H2. The number of rotatable bonds is 7. The summed E-state index contributed by atoms with van der Waals surface area (Å²) in [5.41, 5.74) is 3.41. The molecule has 0 spiro atoms. The smallest absolute Gasteiger partial charge is 0.161 e. The van der Waals surface area contributed by atoms with Gasteiger partial charge in [0.1, 0.15) is 5.82 Å². The van der Waals surface area contributed by atoms with Crippen LogP contribution in [0.15, 0.2) is 65.6 Å². The van der Waals surface area contributed by atoms with E-state index in [4.69, 9.17) is 14.7 Å². The second kappa shape index (κ2) is 8.99. The molecule has 3 aromatic rings. The van der Waals surface area contributed by atoms with Gasteiger partial charge in [0.05, 0.1) is 23.7 Å². The fourth-order valence-electron chi connectivity index (χ4n) is 4.49. The molecule has 2 heterocycles. The van der Waals surface area contributed by atoms with Crippen molar-refractivity contribution < 1.29 is 4.74 Å². The highest BCUT2D eigenvalue weighted by atomic mass is 32.2. The Morgan fingerprint density at radius 2 is 1.70 bits per heavy atom. The number of nitrogens with one attached hydrogen (secondary N) is 1. The summed E-state index contributed by atoms with van der Waals surface area (Å²) < 4.78 is 5.63. The van der Waals surface area contributed by atoms with Crippen molar-refractivity contribution in [2.75, 3.05) is 36.5 Å². The van der Waals surface area contributed by atoms with Crippen LogP contribution >= 0.6 is 11.8 Å². The summed E-state index contributed by atoms with van der Waals surface area (Å²) in [7, 11) is 0. The van der Waals surface area contributed by atoms with Crippen LogP contribution in [0.2, 0.25) is 0 Å². The number of nitrogens with zero attached hydrogens (tertiary/aromatic N) is 3. The molecule has 6 heteroatoms. The average molecular weight is 459 g/mol. The Hall–Kier alpha value is -2.57. The second-order valence-electron chi connectivity index (χ2n) is 9.29. The summed E-state index contributed by atoms with van der Waals surface area (Å²) >= 11 is 1.94. The molecule has 33 heavy (non-hydrogen) atoms. The summed E-state index contributed by atoms with van der Waals surface area (Å²) in [5.74, 6) is 1.85. The predicted octanol–water partition coefficient (Wildman–Crippen LogP) is 5.73. The lowest BCUT2D eigenvalue weighted by molar-refractivity contribution is 0.122. The van der Waals surface area contributed by atoms with Crippen molar-refractivity contribution in [3.63, 3.8) is 0 Å². The monoisotopic (exact) mass is 458 g/mol. The summed E-state index contributed by atoms with van der Waals surface area (Å²) in [6, 6.07) is 22.2. The Bertz CT molecular complexity index is 1090. The molecule has 1 aliphatic heterocycles. The lowest BCUT2D eigenvalue weighted by Gasteiger charge is -2.29. The molecule has 1 aromatic heterocycles. The molecule has 5 nitrogen and oxygen atoms in total. The molecule has 0 radical (unpaired) electrons. The van der Waals surface area contributed by atoms with Crippen LogP contribution in [-0.4, -0.2) is 42.3 Å². The first-order valence-corrected chi connectivity index (χ1v) is 12.9. The molecular weight excluding hydrogens is 428 g/mol. The average Bonchev–Trinajstić information content (AvgIpc) is 3.63. The number of aromatic nitrogens is 2. The van der Waals surface area contributed by atoms with Gasteiger partial charge in [0.25, 0.3) is 0 Å². The largest absolute Gasteiger partial charge is 0.382 e. The van der Waals surface area contributed by atoms with Crippen molar-refractivity contribution in [1.82, 2.24) is 9.97 Å². The van der Waals surface area contributed by atoms with Gasteiger partial charge in [-0.3, -0.25) is 0 Å². The Morgan fingerprint density at radius 1 is 0.939 bits per heavy atom. The quantitative estimate of drug-likeness (QED) is 0.488. The van der Waals surface area contributed by atoms with E-state index in [-0.39, 0.29) is 4.75 Å². The first kappa shape index (κ1) is 21.0. The SMILES string of the molecule is c1ccc(SC2(c3cc(N4CCOCC4)nc(-c4ccc(NC5CCC5)cc4)n3)CC2)cc1. The maximum atomic E-state index is 5.59. The van der Waals surface area contributed by atoms with E-state index < -0.39 is 0 Å². The van der Waals surface area contributed by atoms with Gasteiger partial charge in [0.2, 0.25) is 0 Å². The lowest BCUT2D eigenvalue weighted by Crippen LogP contribution is -2.37. The molecule has 2 aliphatic carbocycles. The van der Waals surface area contributed by atoms with Crippen molar-refractivity contribution >= 4 is 23.3 Å². The van der Waals surface area contributed by atoms with Gasteiger partial charge in [-0.15, -0.1) is 11.8 Å². The molecule has 3 aliphatic rings. The maximum Gasteiger partial charge on any atom is 0.161 e. The minimum atomic E-state index is 0.0474. The van der Waals surface area contributed by atoms with Gasteiger partial charge < -0.3 is 15.0 Å². The van der Waals surface area contributed by atoms with E-state index in [0.29, 0.717) is 6.04 Å². The number of ether oxygens (including phenoxy) is 1. The van der Waals surface area contributed by atoms with E-state index in [2.05, 4.69) is 70.9 Å². The topological polar surface area (TPSA) is 50.3 Å². The van der Waals surface area contributed by atoms with E-state index >= 15 is 0 Å². The number of thioether (sulfide) groups is 1. The third kappa shape index (κ3) is 4.59. The number of hydrogen-bond acceptors (Lipinski definition) is 6. The van der Waals surface area contributed by atoms with E-state index in [1.54, 1.807) is 0 Å². The van der Waals surface area contributed by atoms with Gasteiger partial charge in [-0.2, -0.15) is 0 Å². The van der Waals surface area contributed by atoms with Crippen LogP contribution in [0.1, 0.15) is 37.8 Å². The number of hydrogen-bond donors (Lipinski definition) is 1. The third-order valence-electron chi connectivity index (χ3n) is 6.89. The fraction of sp³-hybridized carbons (Fsp3) is 0.407. The zero-order valence-electron chi connectivity index (χ0n) is 18.9. The van der Waals surface area contributed by atoms with E-state index in [1.807, 2.05) is 11.8 Å². The molecule has 2 saturated carbocycles. The highest BCUT2D eigenvalue weighted by molar-refractivity contribution is 8.00. The molecule has 0 amide bonds. The van der Waals surface area contributed by atoms with Crippen LogP contribution < -0.4 is 10.2 Å². The molecule has 3 fully saturated rings. The van der Waals surface area contributed by atoms with Gasteiger partial charge in [0, 0.05) is 41.3 Å². The zero-order valence-corrected chi connectivity index (χ0v) is 19.7. The minimum absolute atomic E-state index is 0.0474. The molecule has 6 rings (SSSR count). The van der Waals surface area contributed by atoms with E-state index in [9.17, 15) is 0 Å². The maximum absolute atomic E-state index is 5.59. The summed E-state index contributed by atoms with van der Waals surface area (Å²) in [5, 5.41) is 3.63. The summed E-state index contributed by atoms with van der Waals surface area (Å²) in [4.78, 5) is 13.8. The van der Waals surface area contributed by atoms with Crippen molar-refractivity contribution in [3.05, 3.63) is 66.4 Å². The van der Waals surface area contributed by atoms with Gasteiger partial charge in [-0.25, -0.2) is 9.97 Å². The van der Waals surface area contributed by atoms with Crippen LogP contribution in [0.3, 0.4) is 0 Å². The van der Waals surface area contributed by atoms with Gasteiger partial charge in [0.15, 0.2) is 5.82 Å². The summed E-state index contributed by atoms with van der Waals surface area (Å²) in [6.45, 7) is 3.25. The van der Waals surface area contributed by atoms with Gasteiger partial charge in [-0.05, 0) is 68.5 Å². The molecule has 1 N–H and O–H groups in total. The zero-order chi connectivity index (χ0) is 22.1. The Labute approximate surface area is 200 Å². The van der Waals surface area contributed by atoms with Crippen molar-refractivity contribution in [2.45, 2.75) is 47.8 Å². The van der Waals surface area contributed by atoms with Crippen LogP contribution in [0, 0.1) is 0 Å². The fourth-order valence-corrected chi connectivity index (χ4v) is 5.75. The molecule has 0 atom stereocenters. The van der Waals surface area contributed by atoms with Crippen LogP contribution in [-0.2, 0) is 9.48 Å². The Morgan fingerprint density at radius 3 is 2.36 bits per heavy atom. The van der Waals surface area contributed by atoms with Crippen molar-refractivity contribution in [3.8, 4) is 11.4 Å². The molecule has 2 aromatic carbocycles. The van der Waals surface area contributed by atoms with E-state index in [1.165, 1.54) is 29.8 Å². The van der Waals surface area contributed by atoms with Crippen molar-refractivity contribution in [1.29, 1.82) is 0 Å². The van der Waals surface area contributed by atoms with Crippen LogP contribution in [0.4, 0.5) is 11.5 Å². The molecule has 0 bridgehead atoms. The first-order chi connectivity index (χ1) is 16.3. The molecule has 170 valence electrons. The lowest BCUT2D eigenvalue weighted by atomic mass is 9.93. The highest BCUT2D eigenvalue weighted by Crippen LogP contribution is 2.59. The predicted molar refractivity (Wildman–Crippen MR) is 135 cm³/mol. The minimum Gasteiger partial charge on any atom is -0.382 e. The van der Waals surface area contributed by atoms with Crippen molar-refractivity contribution in [2.24, 2.45) is 0 Å². The molecule has 0 unspecified atom stereocenters. The normalized spacial score (nSPS) is 19.7. The molecule has 1 saturated heterocycles.